The Balaban J connectivity index is 2.38. The molecular formula is C14H15BrN2O2. The Bertz CT molecular complexity index is 547. The minimum atomic E-state index is -0.599. The standard InChI is InChI=1S/C14H15BrN2O2/c1-3-19-14(10-7-5-4-6-8-10)13(18)12-11(15)9-16-17(12)2/h4-9,14H,3H2,1-2H3. The smallest absolute Gasteiger partial charge is 0.215 e. The maximum atomic E-state index is 12.6. The van der Waals surface area contributed by atoms with Crippen molar-refractivity contribution in [2.75, 3.05) is 6.61 Å². The van der Waals surface area contributed by atoms with Crippen LogP contribution in [0.5, 0.6) is 0 Å². The fourth-order valence-electron chi connectivity index (χ4n) is 1.93. The number of hydrogen-bond donors (Lipinski definition) is 0. The maximum absolute atomic E-state index is 12.6. The number of nitrogens with zero attached hydrogens (tertiary/aromatic N) is 2. The normalized spacial score (nSPS) is 12.4. The zero-order chi connectivity index (χ0) is 13.8. The molecule has 5 heteroatoms. The quantitative estimate of drug-likeness (QED) is 0.794. The molecule has 1 unspecified atom stereocenters. The highest BCUT2D eigenvalue weighted by Gasteiger charge is 2.26. The zero-order valence-corrected chi connectivity index (χ0v) is 12.4. The number of aromatic nitrogens is 2. The molecule has 0 N–H and O–H groups in total. The predicted molar refractivity (Wildman–Crippen MR) is 76.0 cm³/mol. The van der Waals surface area contributed by atoms with Gasteiger partial charge in [-0.2, -0.15) is 5.10 Å². The van der Waals surface area contributed by atoms with Crippen LogP contribution in [0.2, 0.25) is 0 Å². The Kier molecular flexibility index (Phi) is 4.50. The first-order valence-electron chi connectivity index (χ1n) is 6.03. The number of hydrogen-bond acceptors (Lipinski definition) is 3. The van der Waals surface area contributed by atoms with Gasteiger partial charge in [0.1, 0.15) is 11.8 Å². The molecule has 100 valence electrons. The lowest BCUT2D eigenvalue weighted by molar-refractivity contribution is 0.0443. The van der Waals surface area contributed by atoms with Gasteiger partial charge in [0, 0.05) is 13.7 Å². The number of rotatable bonds is 5. The number of ether oxygens (including phenoxy) is 1. The van der Waals surface area contributed by atoms with Gasteiger partial charge in [0.05, 0.1) is 10.7 Å². The number of halogens is 1. The van der Waals surface area contributed by atoms with Gasteiger partial charge in [0.15, 0.2) is 0 Å². The second-order valence-electron chi connectivity index (χ2n) is 4.08. The summed E-state index contributed by atoms with van der Waals surface area (Å²) in [4.78, 5) is 12.6. The lowest BCUT2D eigenvalue weighted by atomic mass is 10.0. The van der Waals surface area contributed by atoms with Gasteiger partial charge >= 0.3 is 0 Å². The van der Waals surface area contributed by atoms with Crippen LogP contribution in [-0.2, 0) is 11.8 Å². The van der Waals surface area contributed by atoms with Gasteiger partial charge in [-0.25, -0.2) is 0 Å². The average Bonchev–Trinajstić information content (AvgIpc) is 2.76. The van der Waals surface area contributed by atoms with E-state index in [1.807, 2.05) is 37.3 Å². The summed E-state index contributed by atoms with van der Waals surface area (Å²) >= 11 is 3.35. The highest BCUT2D eigenvalue weighted by Crippen LogP contribution is 2.26. The van der Waals surface area contributed by atoms with E-state index in [-0.39, 0.29) is 5.78 Å². The summed E-state index contributed by atoms with van der Waals surface area (Å²) in [6.07, 6.45) is 1.01. The topological polar surface area (TPSA) is 44.1 Å². The summed E-state index contributed by atoms with van der Waals surface area (Å²) in [5.74, 6) is -0.0973. The Hall–Kier alpha value is -1.46. The highest BCUT2D eigenvalue weighted by molar-refractivity contribution is 9.10. The fourth-order valence-corrected chi connectivity index (χ4v) is 2.47. The van der Waals surface area contributed by atoms with E-state index in [0.717, 1.165) is 5.56 Å². The number of benzene rings is 1. The monoisotopic (exact) mass is 322 g/mol. The van der Waals surface area contributed by atoms with Crippen molar-refractivity contribution in [2.24, 2.45) is 7.05 Å². The van der Waals surface area contributed by atoms with Crippen LogP contribution in [0.25, 0.3) is 0 Å². The second-order valence-corrected chi connectivity index (χ2v) is 4.93. The summed E-state index contributed by atoms with van der Waals surface area (Å²) in [7, 11) is 1.74. The molecule has 2 rings (SSSR count). The van der Waals surface area contributed by atoms with Crippen molar-refractivity contribution in [1.29, 1.82) is 0 Å². The van der Waals surface area contributed by atoms with Crippen molar-refractivity contribution in [3.8, 4) is 0 Å². The number of aryl methyl sites for hydroxylation is 1. The Morgan fingerprint density at radius 2 is 2.11 bits per heavy atom. The SMILES string of the molecule is CCOC(C(=O)c1c(Br)cnn1C)c1ccccc1. The third-order valence-corrected chi connectivity index (χ3v) is 3.38. The zero-order valence-electron chi connectivity index (χ0n) is 10.8. The van der Waals surface area contributed by atoms with Crippen molar-refractivity contribution >= 4 is 21.7 Å². The predicted octanol–water partition coefficient (Wildman–Crippen LogP) is 3.14. The highest BCUT2D eigenvalue weighted by atomic mass is 79.9. The molecule has 1 aromatic carbocycles. The van der Waals surface area contributed by atoms with Gasteiger partial charge in [-0.15, -0.1) is 0 Å². The number of Topliss-reactive ketones (excluding diaryl/α,β-unsaturated/α-hetero) is 1. The molecule has 0 fully saturated rings. The third kappa shape index (κ3) is 2.93. The van der Waals surface area contributed by atoms with E-state index in [1.54, 1.807) is 17.9 Å². The lowest BCUT2D eigenvalue weighted by Gasteiger charge is -2.16. The van der Waals surface area contributed by atoms with Crippen molar-refractivity contribution < 1.29 is 9.53 Å². The molecule has 0 saturated heterocycles. The molecule has 1 heterocycles. The van der Waals surface area contributed by atoms with Gasteiger partial charge < -0.3 is 4.74 Å². The Morgan fingerprint density at radius 3 is 2.63 bits per heavy atom. The van der Waals surface area contributed by atoms with Gasteiger partial charge in [0.2, 0.25) is 5.78 Å². The van der Waals surface area contributed by atoms with Crippen LogP contribution < -0.4 is 0 Å². The third-order valence-electron chi connectivity index (χ3n) is 2.80. The molecule has 0 aliphatic heterocycles. The van der Waals surface area contributed by atoms with Crippen LogP contribution in [0.1, 0.15) is 29.1 Å². The molecule has 0 bridgehead atoms. The first-order chi connectivity index (χ1) is 9.15. The first kappa shape index (κ1) is 14.0. The molecule has 19 heavy (non-hydrogen) atoms. The minimum Gasteiger partial charge on any atom is -0.366 e. The second kappa shape index (κ2) is 6.12. The summed E-state index contributed by atoms with van der Waals surface area (Å²) in [5.41, 5.74) is 1.37. The van der Waals surface area contributed by atoms with E-state index in [9.17, 15) is 4.79 Å². The van der Waals surface area contributed by atoms with Gasteiger partial charge in [-0.1, -0.05) is 30.3 Å². The largest absolute Gasteiger partial charge is 0.366 e. The van der Waals surface area contributed by atoms with Gasteiger partial charge in [-0.3, -0.25) is 9.48 Å². The fraction of sp³-hybridized carbons (Fsp3) is 0.286. The van der Waals surface area contributed by atoms with E-state index < -0.39 is 6.10 Å². The molecule has 0 saturated carbocycles. The van der Waals surface area contributed by atoms with Crippen LogP contribution in [0.15, 0.2) is 41.0 Å². The molecule has 1 atom stereocenters. The molecule has 4 nitrogen and oxygen atoms in total. The summed E-state index contributed by atoms with van der Waals surface area (Å²) in [5, 5.41) is 4.07. The van der Waals surface area contributed by atoms with Crippen LogP contribution in [-0.4, -0.2) is 22.2 Å². The van der Waals surface area contributed by atoms with Gasteiger partial charge in [-0.05, 0) is 28.4 Å². The van der Waals surface area contributed by atoms with Crippen LogP contribution in [0.4, 0.5) is 0 Å². The van der Waals surface area contributed by atoms with E-state index in [2.05, 4.69) is 21.0 Å². The Morgan fingerprint density at radius 1 is 1.42 bits per heavy atom. The molecular weight excluding hydrogens is 308 g/mol. The number of carbonyl (C=O) groups is 1. The maximum Gasteiger partial charge on any atom is 0.215 e. The van der Waals surface area contributed by atoms with Crippen LogP contribution >= 0.6 is 15.9 Å². The van der Waals surface area contributed by atoms with E-state index >= 15 is 0 Å². The summed E-state index contributed by atoms with van der Waals surface area (Å²) < 4.78 is 7.85. The summed E-state index contributed by atoms with van der Waals surface area (Å²) in [6.45, 7) is 2.35. The molecule has 0 radical (unpaired) electrons. The molecule has 0 aliphatic carbocycles. The van der Waals surface area contributed by atoms with E-state index in [1.165, 1.54) is 0 Å². The number of carbonyl (C=O) groups excluding carboxylic acids is 1. The average molecular weight is 323 g/mol. The molecule has 0 aliphatic rings. The molecule has 0 amide bonds. The lowest BCUT2D eigenvalue weighted by Crippen LogP contribution is -2.19. The van der Waals surface area contributed by atoms with Crippen molar-refractivity contribution in [2.45, 2.75) is 13.0 Å². The van der Waals surface area contributed by atoms with E-state index in [0.29, 0.717) is 16.8 Å². The summed E-state index contributed by atoms with van der Waals surface area (Å²) in [6, 6.07) is 9.49. The molecule has 1 aromatic heterocycles. The molecule has 2 aromatic rings. The Labute approximate surface area is 120 Å². The minimum absolute atomic E-state index is 0.0973. The molecule has 0 spiro atoms. The van der Waals surface area contributed by atoms with Crippen LogP contribution in [0, 0.1) is 0 Å². The van der Waals surface area contributed by atoms with E-state index in [4.69, 9.17) is 4.74 Å². The van der Waals surface area contributed by atoms with Crippen LogP contribution in [0.3, 0.4) is 0 Å². The van der Waals surface area contributed by atoms with Crippen molar-refractivity contribution in [3.05, 3.63) is 52.3 Å². The first-order valence-corrected chi connectivity index (χ1v) is 6.82. The van der Waals surface area contributed by atoms with Crippen molar-refractivity contribution in [1.82, 2.24) is 9.78 Å². The van der Waals surface area contributed by atoms with Gasteiger partial charge in [0.25, 0.3) is 0 Å². The number of ketones is 1. The van der Waals surface area contributed by atoms with Crippen molar-refractivity contribution in [3.63, 3.8) is 0 Å².